The smallest absolute Gasteiger partial charge is 0.405 e. The molecule has 2 rings (SSSR count). The van der Waals surface area contributed by atoms with E-state index in [-0.39, 0.29) is 23.4 Å². The minimum atomic E-state index is -4.70. The minimum absolute atomic E-state index is 0.0109. The number of halogens is 3. The van der Waals surface area contributed by atoms with Gasteiger partial charge in [0, 0.05) is 5.92 Å². The van der Waals surface area contributed by atoms with Crippen LogP contribution in [0.4, 0.5) is 13.2 Å². The van der Waals surface area contributed by atoms with Gasteiger partial charge in [-0.05, 0) is 30.9 Å². The number of hydrogen-bond acceptors (Lipinski definition) is 2. The summed E-state index contributed by atoms with van der Waals surface area (Å²) in [7, 11) is 0. The Morgan fingerprint density at radius 3 is 2.53 bits per heavy atom. The molecule has 0 aliphatic heterocycles. The van der Waals surface area contributed by atoms with Crippen LogP contribution in [0.25, 0.3) is 0 Å². The van der Waals surface area contributed by atoms with E-state index in [4.69, 9.17) is 0 Å². The number of rotatable bonds is 3. The van der Waals surface area contributed by atoms with Crippen LogP contribution in [0.3, 0.4) is 0 Å². The topological polar surface area (TPSA) is 26.3 Å². The third kappa shape index (κ3) is 2.78. The molecule has 1 aliphatic rings. The highest BCUT2D eigenvalue weighted by Gasteiger charge is 2.44. The summed E-state index contributed by atoms with van der Waals surface area (Å²) in [4.78, 5) is 11.1. The van der Waals surface area contributed by atoms with Crippen molar-refractivity contribution in [3.63, 3.8) is 0 Å². The average molecular weight is 244 g/mol. The summed E-state index contributed by atoms with van der Waals surface area (Å²) in [5, 5.41) is 0. The molecule has 0 radical (unpaired) electrons. The van der Waals surface area contributed by atoms with E-state index in [0.717, 1.165) is 0 Å². The summed E-state index contributed by atoms with van der Waals surface area (Å²) < 4.78 is 40.5. The number of ether oxygens (including phenoxy) is 1. The first kappa shape index (κ1) is 12.0. The molecule has 1 aromatic carbocycles. The van der Waals surface area contributed by atoms with Gasteiger partial charge in [-0.15, -0.1) is 13.2 Å². The highest BCUT2D eigenvalue weighted by Crippen LogP contribution is 2.51. The van der Waals surface area contributed by atoms with Crippen molar-refractivity contribution in [1.82, 2.24) is 0 Å². The Morgan fingerprint density at radius 2 is 2.00 bits per heavy atom. The van der Waals surface area contributed by atoms with Crippen molar-refractivity contribution in [2.75, 3.05) is 0 Å². The zero-order chi connectivity index (χ0) is 12.6. The van der Waals surface area contributed by atoms with Crippen molar-refractivity contribution in [2.24, 2.45) is 5.92 Å². The van der Waals surface area contributed by atoms with E-state index in [1.807, 2.05) is 0 Å². The molecule has 1 saturated carbocycles. The number of Topliss-reactive ketones (excluding diaryl/α,β-unsaturated/α-hetero) is 1. The number of carbonyl (C=O) groups excluding carboxylic acids is 1. The van der Waals surface area contributed by atoms with Gasteiger partial charge >= 0.3 is 6.36 Å². The molecule has 0 spiro atoms. The molecule has 1 aliphatic carbocycles. The molecular formula is C12H11F3O2. The van der Waals surface area contributed by atoms with Crippen LogP contribution in [-0.2, 0) is 4.79 Å². The van der Waals surface area contributed by atoms with Crippen molar-refractivity contribution in [3.05, 3.63) is 29.8 Å². The third-order valence-electron chi connectivity index (χ3n) is 2.86. The molecule has 2 atom stereocenters. The van der Waals surface area contributed by atoms with E-state index in [9.17, 15) is 18.0 Å². The first-order valence-electron chi connectivity index (χ1n) is 5.23. The standard InChI is InChI=1S/C12H11F3O2/c1-7(16)9-6-10(9)8-4-2-3-5-11(8)17-12(13,14)15/h2-5,9-10H,6H2,1H3/t9-,10+/m1/s1. The fraction of sp³-hybridized carbons (Fsp3) is 0.417. The molecule has 0 heterocycles. The lowest BCUT2D eigenvalue weighted by atomic mass is 10.1. The summed E-state index contributed by atoms with van der Waals surface area (Å²) in [6, 6.07) is 5.98. The quantitative estimate of drug-likeness (QED) is 0.815. The number of benzene rings is 1. The summed E-state index contributed by atoms with van der Waals surface area (Å²) in [5.41, 5.74) is 0.463. The monoisotopic (exact) mass is 244 g/mol. The maximum Gasteiger partial charge on any atom is 0.573 e. The zero-order valence-electron chi connectivity index (χ0n) is 9.12. The highest BCUT2D eigenvalue weighted by molar-refractivity contribution is 5.82. The van der Waals surface area contributed by atoms with E-state index in [0.29, 0.717) is 12.0 Å². The molecular weight excluding hydrogens is 233 g/mol. The van der Waals surface area contributed by atoms with Gasteiger partial charge in [-0.2, -0.15) is 0 Å². The van der Waals surface area contributed by atoms with Crippen LogP contribution in [0.2, 0.25) is 0 Å². The van der Waals surface area contributed by atoms with E-state index < -0.39 is 6.36 Å². The van der Waals surface area contributed by atoms with Gasteiger partial charge in [-0.25, -0.2) is 0 Å². The summed E-state index contributed by atoms with van der Waals surface area (Å²) in [5.74, 6) is -0.482. The Morgan fingerprint density at radius 1 is 1.35 bits per heavy atom. The van der Waals surface area contributed by atoms with Gasteiger partial charge in [0.2, 0.25) is 0 Å². The van der Waals surface area contributed by atoms with Crippen LogP contribution in [0.15, 0.2) is 24.3 Å². The molecule has 5 heteroatoms. The van der Waals surface area contributed by atoms with Crippen LogP contribution < -0.4 is 4.74 Å². The lowest BCUT2D eigenvalue weighted by Crippen LogP contribution is -2.18. The van der Waals surface area contributed by atoms with Crippen molar-refractivity contribution in [1.29, 1.82) is 0 Å². The Balaban J connectivity index is 2.21. The fourth-order valence-electron chi connectivity index (χ4n) is 1.99. The van der Waals surface area contributed by atoms with Gasteiger partial charge in [0.15, 0.2) is 0 Å². The lowest BCUT2D eigenvalue weighted by molar-refractivity contribution is -0.274. The Hall–Kier alpha value is -1.52. The van der Waals surface area contributed by atoms with Crippen LogP contribution in [-0.4, -0.2) is 12.1 Å². The molecule has 1 fully saturated rings. The molecule has 2 nitrogen and oxygen atoms in total. The second-order valence-corrected chi connectivity index (χ2v) is 4.14. The van der Waals surface area contributed by atoms with Gasteiger partial charge in [0.05, 0.1) is 0 Å². The van der Waals surface area contributed by atoms with Gasteiger partial charge in [0.25, 0.3) is 0 Å². The third-order valence-corrected chi connectivity index (χ3v) is 2.86. The predicted molar refractivity (Wildman–Crippen MR) is 54.7 cm³/mol. The second-order valence-electron chi connectivity index (χ2n) is 4.14. The molecule has 0 saturated heterocycles. The van der Waals surface area contributed by atoms with Crippen LogP contribution in [0.5, 0.6) is 5.75 Å². The number of carbonyl (C=O) groups is 1. The molecule has 92 valence electrons. The van der Waals surface area contributed by atoms with E-state index in [2.05, 4.69) is 4.74 Å². The van der Waals surface area contributed by atoms with Gasteiger partial charge in [0.1, 0.15) is 11.5 Å². The van der Waals surface area contributed by atoms with Crippen molar-refractivity contribution in [2.45, 2.75) is 25.6 Å². The predicted octanol–water partition coefficient (Wildman–Crippen LogP) is 3.28. The Bertz CT molecular complexity index is 440. The molecule has 1 aromatic rings. The molecule has 0 bridgehead atoms. The van der Waals surface area contributed by atoms with Crippen molar-refractivity contribution in [3.8, 4) is 5.75 Å². The number of hydrogen-bond donors (Lipinski definition) is 0. The largest absolute Gasteiger partial charge is 0.573 e. The van der Waals surface area contributed by atoms with Crippen LogP contribution >= 0.6 is 0 Å². The lowest BCUT2D eigenvalue weighted by Gasteiger charge is -2.12. The van der Waals surface area contributed by atoms with Crippen molar-refractivity contribution < 1.29 is 22.7 Å². The summed E-state index contributed by atoms with van der Waals surface area (Å²) >= 11 is 0. The molecule has 0 aromatic heterocycles. The van der Waals surface area contributed by atoms with Crippen LogP contribution in [0.1, 0.15) is 24.8 Å². The normalized spacial score (nSPS) is 23.3. The van der Waals surface area contributed by atoms with Gasteiger partial charge in [-0.3, -0.25) is 4.79 Å². The number of para-hydroxylation sites is 1. The van der Waals surface area contributed by atoms with Crippen LogP contribution in [0, 0.1) is 5.92 Å². The van der Waals surface area contributed by atoms with Gasteiger partial charge in [-0.1, -0.05) is 18.2 Å². The minimum Gasteiger partial charge on any atom is -0.405 e. The summed E-state index contributed by atoms with van der Waals surface area (Å²) in [6.07, 6.45) is -4.09. The molecule has 0 amide bonds. The first-order valence-corrected chi connectivity index (χ1v) is 5.23. The summed E-state index contributed by atoms with van der Waals surface area (Å²) in [6.45, 7) is 1.46. The first-order chi connectivity index (χ1) is 7.88. The number of alkyl halides is 3. The second kappa shape index (κ2) is 4.05. The Kier molecular flexibility index (Phi) is 2.85. The van der Waals surface area contributed by atoms with Gasteiger partial charge < -0.3 is 4.74 Å². The molecule has 0 unspecified atom stereocenters. The van der Waals surface area contributed by atoms with E-state index in [1.165, 1.54) is 19.1 Å². The molecule has 17 heavy (non-hydrogen) atoms. The Labute approximate surface area is 96.4 Å². The molecule has 0 N–H and O–H groups in total. The SMILES string of the molecule is CC(=O)[C@H]1C[C@H]1c1ccccc1OC(F)(F)F. The fourth-order valence-corrected chi connectivity index (χ4v) is 1.99. The maximum absolute atomic E-state index is 12.2. The average Bonchev–Trinajstić information content (AvgIpc) is 2.95. The van der Waals surface area contributed by atoms with E-state index in [1.54, 1.807) is 12.1 Å². The highest BCUT2D eigenvalue weighted by atomic mass is 19.4. The zero-order valence-corrected chi connectivity index (χ0v) is 9.12. The van der Waals surface area contributed by atoms with E-state index >= 15 is 0 Å². The number of ketones is 1. The maximum atomic E-state index is 12.2. The van der Waals surface area contributed by atoms with Crippen molar-refractivity contribution >= 4 is 5.78 Å².